The predicted octanol–water partition coefficient (Wildman–Crippen LogP) is 5.20. The third kappa shape index (κ3) is 6.04. The molecule has 1 aromatic carbocycles. The molecule has 0 spiro atoms. The molecule has 1 aliphatic carbocycles. The average molecular weight is 496 g/mol. The van der Waals surface area contributed by atoms with Crippen LogP contribution in [0, 0.1) is 5.92 Å². The SMILES string of the molecule is CCCCC1(CC2CCCCC2)N/C(=N\C)N(Cc2ccc(CN3C[C@H](CCC)NC3=O)cc2)C1=O. The molecule has 3 amide bonds. The second-order valence-electron chi connectivity index (χ2n) is 11.1. The molecule has 36 heavy (non-hydrogen) atoms. The Morgan fingerprint density at radius 1 is 1.00 bits per heavy atom. The minimum atomic E-state index is -0.523. The number of carbonyl (C=O) groups excluding carboxylic acids is 2. The summed E-state index contributed by atoms with van der Waals surface area (Å²) >= 11 is 0. The highest BCUT2D eigenvalue weighted by molar-refractivity contribution is 6.09. The third-order valence-corrected chi connectivity index (χ3v) is 8.22. The van der Waals surface area contributed by atoms with E-state index in [1.807, 2.05) is 9.80 Å². The molecule has 3 fully saturated rings. The molecule has 0 radical (unpaired) electrons. The number of urea groups is 1. The van der Waals surface area contributed by atoms with Crippen LogP contribution in [0.15, 0.2) is 29.3 Å². The molecular weight excluding hydrogens is 450 g/mol. The molecule has 3 aliphatic rings. The zero-order valence-electron chi connectivity index (χ0n) is 22.5. The Labute approximate surface area is 217 Å². The fourth-order valence-corrected chi connectivity index (χ4v) is 6.25. The summed E-state index contributed by atoms with van der Waals surface area (Å²) in [4.78, 5) is 34.5. The van der Waals surface area contributed by atoms with Crippen LogP contribution >= 0.6 is 0 Å². The number of nitrogens with zero attached hydrogens (tertiary/aromatic N) is 3. The van der Waals surface area contributed by atoms with Gasteiger partial charge >= 0.3 is 6.03 Å². The van der Waals surface area contributed by atoms with Crippen LogP contribution in [0.4, 0.5) is 4.79 Å². The van der Waals surface area contributed by atoms with E-state index in [1.165, 1.54) is 32.1 Å². The predicted molar refractivity (Wildman–Crippen MR) is 145 cm³/mol. The quantitative estimate of drug-likeness (QED) is 0.443. The first-order valence-electron chi connectivity index (χ1n) is 14.2. The molecule has 1 aromatic rings. The Kier molecular flexibility index (Phi) is 8.91. The highest BCUT2D eigenvalue weighted by atomic mass is 16.2. The maximum absolute atomic E-state index is 13.9. The van der Waals surface area contributed by atoms with Crippen LogP contribution in [0.3, 0.4) is 0 Å². The molecule has 1 unspecified atom stereocenters. The van der Waals surface area contributed by atoms with Crippen molar-refractivity contribution < 1.29 is 9.59 Å². The van der Waals surface area contributed by atoms with Gasteiger partial charge in [0.25, 0.3) is 5.91 Å². The van der Waals surface area contributed by atoms with Gasteiger partial charge in [0.05, 0.1) is 6.54 Å². The average Bonchev–Trinajstić information content (AvgIpc) is 3.36. The molecule has 2 aliphatic heterocycles. The van der Waals surface area contributed by atoms with Gasteiger partial charge in [-0.25, -0.2) is 4.79 Å². The number of nitrogens with one attached hydrogen (secondary N) is 2. The fourth-order valence-electron chi connectivity index (χ4n) is 6.25. The summed E-state index contributed by atoms with van der Waals surface area (Å²) in [6.07, 6.45) is 12.3. The van der Waals surface area contributed by atoms with E-state index in [0.29, 0.717) is 25.0 Å². The van der Waals surface area contributed by atoms with Crippen molar-refractivity contribution in [2.75, 3.05) is 13.6 Å². The Bertz CT molecular complexity index is 924. The molecular formula is C29H45N5O2. The molecule has 198 valence electrons. The van der Waals surface area contributed by atoms with Gasteiger partial charge in [-0.2, -0.15) is 0 Å². The second-order valence-corrected chi connectivity index (χ2v) is 11.1. The van der Waals surface area contributed by atoms with Crippen molar-refractivity contribution in [2.45, 2.75) is 109 Å². The first-order chi connectivity index (χ1) is 17.5. The zero-order valence-corrected chi connectivity index (χ0v) is 22.5. The van der Waals surface area contributed by atoms with E-state index < -0.39 is 5.54 Å². The number of amides is 3. The smallest absolute Gasteiger partial charge is 0.318 e. The monoisotopic (exact) mass is 495 g/mol. The molecule has 4 rings (SSSR count). The van der Waals surface area contributed by atoms with Crippen LogP contribution in [-0.4, -0.2) is 52.9 Å². The molecule has 0 bridgehead atoms. The van der Waals surface area contributed by atoms with Gasteiger partial charge in [0, 0.05) is 26.2 Å². The van der Waals surface area contributed by atoms with E-state index in [4.69, 9.17) is 0 Å². The topological polar surface area (TPSA) is 77.0 Å². The lowest BCUT2D eigenvalue weighted by Gasteiger charge is -2.33. The summed E-state index contributed by atoms with van der Waals surface area (Å²) in [5.74, 6) is 1.50. The summed E-state index contributed by atoms with van der Waals surface area (Å²) in [6.45, 7) is 6.23. The Hall–Kier alpha value is -2.57. The lowest BCUT2D eigenvalue weighted by atomic mass is 9.77. The summed E-state index contributed by atoms with van der Waals surface area (Å²) in [5, 5.41) is 6.69. The number of carbonyl (C=O) groups is 2. The van der Waals surface area contributed by atoms with Gasteiger partial charge in [0.2, 0.25) is 5.96 Å². The van der Waals surface area contributed by atoms with Gasteiger partial charge in [-0.1, -0.05) is 89.5 Å². The maximum Gasteiger partial charge on any atom is 0.318 e. The van der Waals surface area contributed by atoms with Crippen LogP contribution in [-0.2, 0) is 17.9 Å². The molecule has 2 N–H and O–H groups in total. The number of rotatable bonds is 11. The van der Waals surface area contributed by atoms with Gasteiger partial charge in [-0.05, 0) is 36.3 Å². The molecule has 7 heteroatoms. The Morgan fingerprint density at radius 2 is 1.69 bits per heavy atom. The largest absolute Gasteiger partial charge is 0.341 e. The van der Waals surface area contributed by atoms with E-state index in [-0.39, 0.29) is 18.0 Å². The van der Waals surface area contributed by atoms with Crippen molar-refractivity contribution in [3.63, 3.8) is 0 Å². The Morgan fingerprint density at radius 3 is 2.33 bits per heavy atom. The first-order valence-corrected chi connectivity index (χ1v) is 14.2. The molecule has 1 saturated carbocycles. The molecule has 7 nitrogen and oxygen atoms in total. The fraction of sp³-hybridized carbons (Fsp3) is 0.690. The van der Waals surface area contributed by atoms with Crippen molar-refractivity contribution in [1.82, 2.24) is 20.4 Å². The summed E-state index contributed by atoms with van der Waals surface area (Å²) in [6, 6.07) is 8.61. The normalized spacial score (nSPS) is 26.1. The first kappa shape index (κ1) is 26.5. The van der Waals surface area contributed by atoms with Gasteiger partial charge in [-0.3, -0.25) is 14.7 Å². The van der Waals surface area contributed by atoms with Crippen LogP contribution in [0.25, 0.3) is 0 Å². The number of unbranched alkanes of at least 4 members (excludes halogenated alkanes) is 1. The minimum Gasteiger partial charge on any atom is -0.341 e. The van der Waals surface area contributed by atoms with Crippen molar-refractivity contribution >= 4 is 17.9 Å². The van der Waals surface area contributed by atoms with Crippen molar-refractivity contribution in [3.8, 4) is 0 Å². The highest BCUT2D eigenvalue weighted by Crippen LogP contribution is 2.37. The zero-order chi connectivity index (χ0) is 25.5. The van der Waals surface area contributed by atoms with Crippen LogP contribution in [0.2, 0.25) is 0 Å². The number of benzene rings is 1. The lowest BCUT2D eigenvalue weighted by molar-refractivity contribution is -0.132. The van der Waals surface area contributed by atoms with Crippen molar-refractivity contribution in [2.24, 2.45) is 10.9 Å². The van der Waals surface area contributed by atoms with Gasteiger partial charge in [0.15, 0.2) is 0 Å². The van der Waals surface area contributed by atoms with E-state index >= 15 is 0 Å². The second kappa shape index (κ2) is 12.1. The molecule has 2 saturated heterocycles. The summed E-state index contributed by atoms with van der Waals surface area (Å²) in [7, 11) is 1.77. The van der Waals surface area contributed by atoms with E-state index in [2.05, 4.69) is 53.7 Å². The lowest BCUT2D eigenvalue weighted by Crippen LogP contribution is -2.48. The highest BCUT2D eigenvalue weighted by Gasteiger charge is 2.50. The van der Waals surface area contributed by atoms with Crippen LogP contribution in [0.1, 0.15) is 95.6 Å². The van der Waals surface area contributed by atoms with E-state index in [1.54, 1.807) is 7.05 Å². The van der Waals surface area contributed by atoms with Crippen molar-refractivity contribution in [1.29, 1.82) is 0 Å². The summed E-state index contributed by atoms with van der Waals surface area (Å²) < 4.78 is 0. The van der Waals surface area contributed by atoms with Gasteiger partial charge in [-0.15, -0.1) is 0 Å². The van der Waals surface area contributed by atoms with Gasteiger partial charge in [0.1, 0.15) is 5.54 Å². The van der Waals surface area contributed by atoms with Gasteiger partial charge < -0.3 is 15.5 Å². The minimum absolute atomic E-state index is 0.0245. The number of hydrogen-bond donors (Lipinski definition) is 2. The van der Waals surface area contributed by atoms with E-state index in [9.17, 15) is 9.59 Å². The maximum atomic E-state index is 13.9. The number of hydrogen-bond acceptors (Lipinski definition) is 3. The van der Waals surface area contributed by atoms with Crippen LogP contribution < -0.4 is 10.6 Å². The van der Waals surface area contributed by atoms with E-state index in [0.717, 1.165) is 56.2 Å². The molecule has 2 atom stereocenters. The number of guanidine groups is 1. The molecule has 2 heterocycles. The third-order valence-electron chi connectivity index (χ3n) is 8.22. The molecule has 0 aromatic heterocycles. The Balaban J connectivity index is 1.43. The summed E-state index contributed by atoms with van der Waals surface area (Å²) in [5.41, 5.74) is 1.66. The number of aliphatic imine (C=N–C) groups is 1. The standard InChI is InChI=1S/C29H45N5O2/c1-4-6-17-29(18-22-11-8-7-9-12-22)26(35)34(27(30-3)32-29)20-24-15-13-23(14-16-24)19-33-21-25(10-5-2)31-28(33)36/h13-16,22,25H,4-12,17-21H2,1-3H3,(H,30,32)(H,31,36)/t25-,29?/m0/s1. The van der Waals surface area contributed by atoms with Crippen molar-refractivity contribution in [3.05, 3.63) is 35.4 Å². The van der Waals surface area contributed by atoms with Crippen LogP contribution in [0.5, 0.6) is 0 Å².